The maximum Gasteiger partial charge on any atom is 0.242 e. The maximum atomic E-state index is 12.4. The van der Waals surface area contributed by atoms with Crippen molar-refractivity contribution in [1.82, 2.24) is 20.8 Å². The maximum absolute atomic E-state index is 12.4. The van der Waals surface area contributed by atoms with Crippen LogP contribution in [-0.2, 0) is 4.79 Å². The summed E-state index contributed by atoms with van der Waals surface area (Å²) >= 11 is 0. The molecule has 2 fully saturated rings. The van der Waals surface area contributed by atoms with Crippen molar-refractivity contribution in [2.24, 2.45) is 4.99 Å². The van der Waals surface area contributed by atoms with Gasteiger partial charge in [0.2, 0.25) is 5.91 Å². The smallest absolute Gasteiger partial charge is 0.242 e. The molecule has 0 radical (unpaired) electrons. The lowest BCUT2D eigenvalue weighted by atomic mass is 9.96. The highest BCUT2D eigenvalue weighted by atomic mass is 16.2. The van der Waals surface area contributed by atoms with Crippen LogP contribution in [0, 0.1) is 0 Å². The average molecular weight is 441 g/mol. The molecule has 2 saturated heterocycles. The van der Waals surface area contributed by atoms with Crippen LogP contribution in [-0.4, -0.2) is 47.0 Å². The van der Waals surface area contributed by atoms with Crippen molar-refractivity contribution in [2.75, 3.05) is 18.4 Å². The molecule has 4 heterocycles. The number of rotatable bonds is 5. The van der Waals surface area contributed by atoms with Crippen LogP contribution < -0.4 is 16.0 Å². The van der Waals surface area contributed by atoms with E-state index in [9.17, 15) is 4.79 Å². The number of carbonyl (C=O) groups is 1. The topological polar surface area (TPSA) is 94.2 Å². The van der Waals surface area contributed by atoms with Gasteiger partial charge in [-0.15, -0.1) is 0 Å². The Labute approximate surface area is 192 Å². The molecule has 6 rings (SSSR count). The summed E-state index contributed by atoms with van der Waals surface area (Å²) in [4.78, 5) is 17.1. The summed E-state index contributed by atoms with van der Waals surface area (Å²) in [5.41, 5.74) is 6.94. The minimum atomic E-state index is -0.125. The van der Waals surface area contributed by atoms with Crippen molar-refractivity contribution in [1.29, 1.82) is 0 Å². The van der Waals surface area contributed by atoms with Gasteiger partial charge in [0.15, 0.2) is 5.82 Å². The number of hydrogen-bond donors (Lipinski definition) is 4. The number of allylic oxidation sites excluding steroid dienone is 1. The fourth-order valence-corrected chi connectivity index (χ4v) is 5.09. The van der Waals surface area contributed by atoms with E-state index >= 15 is 0 Å². The van der Waals surface area contributed by atoms with Gasteiger partial charge in [0, 0.05) is 29.8 Å². The van der Waals surface area contributed by atoms with Gasteiger partial charge in [-0.1, -0.05) is 30.3 Å². The number of benzene rings is 2. The van der Waals surface area contributed by atoms with E-state index in [0.29, 0.717) is 11.9 Å². The van der Waals surface area contributed by atoms with Crippen LogP contribution in [0.4, 0.5) is 5.82 Å². The molecule has 0 aliphatic carbocycles. The molecule has 4 N–H and O–H groups in total. The summed E-state index contributed by atoms with van der Waals surface area (Å²) in [5, 5.41) is 18.1. The highest BCUT2D eigenvalue weighted by Gasteiger charge is 2.24. The number of anilines is 1. The Bertz CT molecular complexity index is 1240. The van der Waals surface area contributed by atoms with Gasteiger partial charge in [-0.25, -0.2) is 0 Å². The molecule has 7 heteroatoms. The molecule has 1 aromatic heterocycles. The van der Waals surface area contributed by atoms with Gasteiger partial charge in [0.25, 0.3) is 0 Å². The van der Waals surface area contributed by atoms with Crippen molar-refractivity contribution < 1.29 is 4.79 Å². The van der Waals surface area contributed by atoms with E-state index in [0.717, 1.165) is 54.4 Å². The fraction of sp³-hybridized carbons (Fsp3) is 0.346. The number of aromatic nitrogens is 2. The summed E-state index contributed by atoms with van der Waals surface area (Å²) in [6.07, 6.45) is 7.29. The number of H-pyrrole nitrogens is 1. The zero-order chi connectivity index (χ0) is 22.2. The molecule has 0 bridgehead atoms. The van der Waals surface area contributed by atoms with Gasteiger partial charge in [-0.05, 0) is 73.2 Å². The monoisotopic (exact) mass is 440 g/mol. The number of aromatic amines is 1. The third-order valence-electron chi connectivity index (χ3n) is 6.99. The first kappa shape index (κ1) is 20.3. The predicted molar refractivity (Wildman–Crippen MR) is 132 cm³/mol. The summed E-state index contributed by atoms with van der Waals surface area (Å²) in [7, 11) is 0. The average Bonchev–Trinajstić information content (AvgIpc) is 3.66. The quantitative estimate of drug-likeness (QED) is 0.485. The number of nitrogens with one attached hydrogen (secondary N) is 4. The Balaban J connectivity index is 1.16. The number of amides is 1. The zero-order valence-electron chi connectivity index (χ0n) is 18.5. The molecule has 3 aliphatic heterocycles. The molecule has 0 saturated carbocycles. The summed E-state index contributed by atoms with van der Waals surface area (Å²) < 4.78 is 0. The molecule has 7 nitrogen and oxygen atoms in total. The summed E-state index contributed by atoms with van der Waals surface area (Å²) in [6.45, 7) is 1.99. The first-order chi connectivity index (χ1) is 16.2. The SMILES string of the molecule is O=C(Nc1n[nH]c2cc(-c3ccc(C4=CN=C([C@@H]5CCCN5)C4)cc3)ccc12)[C@@H]1CCCN1. The highest BCUT2D eigenvalue weighted by Crippen LogP contribution is 2.31. The molecule has 3 aliphatic rings. The third kappa shape index (κ3) is 3.98. The molecule has 1 amide bonds. The standard InChI is InChI=1S/C26H28N6O/c33-26(22-4-2-12-28-22)30-25-20-10-9-18(13-23(20)31-32-25)16-5-7-17(8-6-16)19-14-24(29-15-19)21-3-1-11-27-21/h5-10,13,15,21-22,27-28H,1-4,11-12,14H2,(H2,30,31,32,33)/t21-,22-/m0/s1. The van der Waals surface area contributed by atoms with Crippen molar-refractivity contribution in [3.63, 3.8) is 0 Å². The molecule has 33 heavy (non-hydrogen) atoms. The molecular weight excluding hydrogens is 412 g/mol. The second-order valence-corrected chi connectivity index (χ2v) is 9.15. The van der Waals surface area contributed by atoms with Gasteiger partial charge in [0.05, 0.1) is 11.6 Å². The van der Waals surface area contributed by atoms with E-state index < -0.39 is 0 Å². The Morgan fingerprint density at radius 3 is 2.52 bits per heavy atom. The van der Waals surface area contributed by atoms with E-state index in [1.54, 1.807) is 0 Å². The number of aliphatic imine (C=N–C) groups is 1. The normalized spacial score (nSPS) is 22.5. The second kappa shape index (κ2) is 8.57. The van der Waals surface area contributed by atoms with Crippen LogP contribution in [0.25, 0.3) is 27.6 Å². The van der Waals surface area contributed by atoms with E-state index in [-0.39, 0.29) is 11.9 Å². The van der Waals surface area contributed by atoms with E-state index in [4.69, 9.17) is 0 Å². The molecule has 2 aromatic carbocycles. The first-order valence-electron chi connectivity index (χ1n) is 11.9. The number of fused-ring (bicyclic) bond motifs is 1. The Hall–Kier alpha value is -3.29. The number of carbonyl (C=O) groups excluding carboxylic acids is 1. The van der Waals surface area contributed by atoms with Crippen LogP contribution in [0.1, 0.15) is 37.7 Å². The van der Waals surface area contributed by atoms with Crippen molar-refractivity contribution >= 4 is 33.9 Å². The summed E-state index contributed by atoms with van der Waals surface area (Å²) in [6, 6.07) is 15.2. The molecule has 0 unspecified atom stereocenters. The predicted octanol–water partition coefficient (Wildman–Crippen LogP) is 3.86. The van der Waals surface area contributed by atoms with Crippen molar-refractivity contribution in [3.05, 3.63) is 54.2 Å². The van der Waals surface area contributed by atoms with Crippen LogP contribution in [0.15, 0.2) is 53.7 Å². The van der Waals surface area contributed by atoms with Crippen LogP contribution >= 0.6 is 0 Å². The lowest BCUT2D eigenvalue weighted by Gasteiger charge is -2.11. The van der Waals surface area contributed by atoms with Gasteiger partial charge in [0.1, 0.15) is 0 Å². The van der Waals surface area contributed by atoms with E-state index in [1.165, 1.54) is 29.7 Å². The van der Waals surface area contributed by atoms with Crippen LogP contribution in [0.5, 0.6) is 0 Å². The van der Waals surface area contributed by atoms with E-state index in [2.05, 4.69) is 67.5 Å². The lowest BCUT2D eigenvalue weighted by Crippen LogP contribution is -2.35. The summed E-state index contributed by atoms with van der Waals surface area (Å²) in [5.74, 6) is 0.573. The van der Waals surface area contributed by atoms with E-state index in [1.807, 2.05) is 12.3 Å². The van der Waals surface area contributed by atoms with Gasteiger partial charge in [-0.2, -0.15) is 5.10 Å². The van der Waals surface area contributed by atoms with Gasteiger partial charge >= 0.3 is 0 Å². The zero-order valence-corrected chi connectivity index (χ0v) is 18.5. The molecule has 3 aromatic rings. The van der Waals surface area contributed by atoms with Crippen molar-refractivity contribution in [3.8, 4) is 11.1 Å². The van der Waals surface area contributed by atoms with Crippen LogP contribution in [0.2, 0.25) is 0 Å². The first-order valence-corrected chi connectivity index (χ1v) is 11.9. The Morgan fingerprint density at radius 2 is 1.73 bits per heavy atom. The fourth-order valence-electron chi connectivity index (χ4n) is 5.09. The minimum Gasteiger partial charge on any atom is -0.309 e. The minimum absolute atomic E-state index is 0.0161. The third-order valence-corrected chi connectivity index (χ3v) is 6.99. The molecule has 0 spiro atoms. The molecular formula is C26H28N6O. The number of hydrogen-bond acceptors (Lipinski definition) is 5. The van der Waals surface area contributed by atoms with Gasteiger partial charge in [-0.3, -0.25) is 14.9 Å². The Kier molecular flexibility index (Phi) is 5.28. The van der Waals surface area contributed by atoms with Crippen LogP contribution in [0.3, 0.4) is 0 Å². The van der Waals surface area contributed by atoms with Crippen molar-refractivity contribution in [2.45, 2.75) is 44.2 Å². The Morgan fingerprint density at radius 1 is 0.939 bits per heavy atom. The second-order valence-electron chi connectivity index (χ2n) is 9.15. The lowest BCUT2D eigenvalue weighted by molar-refractivity contribution is -0.117. The molecule has 2 atom stereocenters. The number of nitrogens with zero attached hydrogens (tertiary/aromatic N) is 2. The highest BCUT2D eigenvalue weighted by molar-refractivity contribution is 6.03. The molecule has 168 valence electrons. The largest absolute Gasteiger partial charge is 0.309 e. The van der Waals surface area contributed by atoms with Gasteiger partial charge < -0.3 is 16.0 Å².